The molecule has 6 nitrogen and oxygen atoms in total. The Morgan fingerprint density at radius 2 is 1.97 bits per heavy atom. The molecule has 3 rings (SSSR count). The van der Waals surface area contributed by atoms with Gasteiger partial charge in [0.2, 0.25) is 0 Å². The van der Waals surface area contributed by atoms with Crippen molar-refractivity contribution in [2.24, 2.45) is 4.99 Å². The van der Waals surface area contributed by atoms with Crippen LogP contribution in [0, 0.1) is 12.3 Å². The van der Waals surface area contributed by atoms with E-state index in [0.717, 1.165) is 10.2 Å². The molecule has 0 saturated heterocycles. The number of aromatic nitrogens is 1. The molecule has 0 aliphatic carbocycles. The van der Waals surface area contributed by atoms with Crippen LogP contribution in [0.2, 0.25) is 0 Å². The maximum Gasteiger partial charge on any atom is 0.338 e. The maximum absolute atomic E-state index is 12.8. The SMILES string of the molecule is C#CCn1c(=NC(=O)c2ccccc2OCC)sc2cc(C(=O)OCC)ccc21. The smallest absolute Gasteiger partial charge is 0.338 e. The van der Waals surface area contributed by atoms with E-state index in [4.69, 9.17) is 15.9 Å². The second-order valence-corrected chi connectivity index (χ2v) is 6.93. The van der Waals surface area contributed by atoms with Gasteiger partial charge in [-0.15, -0.1) is 6.42 Å². The van der Waals surface area contributed by atoms with Crippen molar-refractivity contribution in [3.05, 3.63) is 58.4 Å². The number of rotatable bonds is 6. The molecule has 0 unspecified atom stereocenters. The van der Waals surface area contributed by atoms with Gasteiger partial charge >= 0.3 is 5.97 Å². The van der Waals surface area contributed by atoms with Crippen LogP contribution in [-0.4, -0.2) is 29.7 Å². The number of ether oxygens (including phenoxy) is 2. The molecule has 148 valence electrons. The molecule has 1 amide bonds. The Hall–Kier alpha value is -3.37. The third-order valence-electron chi connectivity index (χ3n) is 4.06. The minimum absolute atomic E-state index is 0.248. The van der Waals surface area contributed by atoms with Gasteiger partial charge in [-0.2, -0.15) is 4.99 Å². The average molecular weight is 408 g/mol. The van der Waals surface area contributed by atoms with Gasteiger partial charge in [-0.25, -0.2) is 4.79 Å². The van der Waals surface area contributed by atoms with Crippen molar-refractivity contribution >= 4 is 33.4 Å². The number of terminal acetylenes is 1. The van der Waals surface area contributed by atoms with Crippen molar-refractivity contribution in [1.82, 2.24) is 4.57 Å². The lowest BCUT2D eigenvalue weighted by atomic mass is 10.2. The molecule has 0 N–H and O–H groups in total. The second kappa shape index (κ2) is 9.22. The van der Waals surface area contributed by atoms with Crippen molar-refractivity contribution in [2.45, 2.75) is 20.4 Å². The van der Waals surface area contributed by atoms with Gasteiger partial charge in [-0.1, -0.05) is 29.4 Å². The van der Waals surface area contributed by atoms with Crippen LogP contribution in [0.15, 0.2) is 47.5 Å². The summed E-state index contributed by atoms with van der Waals surface area (Å²) in [6.45, 7) is 4.60. The summed E-state index contributed by atoms with van der Waals surface area (Å²) in [4.78, 5) is 29.6. The Labute approximate surface area is 172 Å². The van der Waals surface area contributed by atoms with Crippen molar-refractivity contribution in [3.8, 4) is 18.1 Å². The fourth-order valence-electron chi connectivity index (χ4n) is 2.82. The van der Waals surface area contributed by atoms with Crippen LogP contribution in [-0.2, 0) is 11.3 Å². The van der Waals surface area contributed by atoms with Gasteiger partial charge in [0.05, 0.1) is 41.1 Å². The normalized spacial score (nSPS) is 11.3. The highest BCUT2D eigenvalue weighted by Crippen LogP contribution is 2.21. The first-order valence-corrected chi connectivity index (χ1v) is 9.95. The summed E-state index contributed by atoms with van der Waals surface area (Å²) in [6.07, 6.45) is 5.52. The summed E-state index contributed by atoms with van der Waals surface area (Å²) in [5, 5.41) is 0. The molecular formula is C22H20N2O4S. The van der Waals surface area contributed by atoms with Gasteiger partial charge in [0.15, 0.2) is 4.80 Å². The number of esters is 1. The van der Waals surface area contributed by atoms with Gasteiger partial charge in [0.1, 0.15) is 5.75 Å². The topological polar surface area (TPSA) is 69.9 Å². The number of hydrogen-bond acceptors (Lipinski definition) is 5. The number of para-hydroxylation sites is 1. The molecule has 0 saturated carbocycles. The summed E-state index contributed by atoms with van der Waals surface area (Å²) in [5.74, 6) is 2.26. The molecule has 29 heavy (non-hydrogen) atoms. The molecule has 0 fully saturated rings. The number of carbonyl (C=O) groups excluding carboxylic acids is 2. The summed E-state index contributed by atoms with van der Waals surface area (Å²) < 4.78 is 13.1. The summed E-state index contributed by atoms with van der Waals surface area (Å²) in [7, 11) is 0. The first kappa shape index (κ1) is 20.4. The molecule has 0 radical (unpaired) electrons. The second-order valence-electron chi connectivity index (χ2n) is 5.92. The van der Waals surface area contributed by atoms with Gasteiger partial charge in [0, 0.05) is 0 Å². The van der Waals surface area contributed by atoms with E-state index in [0.29, 0.717) is 34.9 Å². The third kappa shape index (κ3) is 4.39. The Bertz CT molecular complexity index is 1170. The quantitative estimate of drug-likeness (QED) is 0.461. The highest BCUT2D eigenvalue weighted by atomic mass is 32.1. The number of hydrogen-bond donors (Lipinski definition) is 0. The lowest BCUT2D eigenvalue weighted by Crippen LogP contribution is -2.16. The lowest BCUT2D eigenvalue weighted by molar-refractivity contribution is 0.0526. The van der Waals surface area contributed by atoms with E-state index >= 15 is 0 Å². The van der Waals surface area contributed by atoms with Crippen LogP contribution >= 0.6 is 11.3 Å². The Balaban J connectivity index is 2.10. The molecule has 2 aromatic carbocycles. The van der Waals surface area contributed by atoms with Crippen molar-refractivity contribution < 1.29 is 19.1 Å². The zero-order valence-electron chi connectivity index (χ0n) is 16.2. The van der Waals surface area contributed by atoms with Gasteiger partial charge in [-0.05, 0) is 44.2 Å². The fourth-order valence-corrected chi connectivity index (χ4v) is 3.88. The summed E-state index contributed by atoms with van der Waals surface area (Å²) in [5.41, 5.74) is 1.62. The average Bonchev–Trinajstić information content (AvgIpc) is 3.05. The summed E-state index contributed by atoms with van der Waals surface area (Å²) in [6, 6.07) is 12.2. The Morgan fingerprint density at radius 3 is 2.69 bits per heavy atom. The van der Waals surface area contributed by atoms with Crippen molar-refractivity contribution in [3.63, 3.8) is 0 Å². The van der Waals surface area contributed by atoms with Crippen LogP contribution in [0.4, 0.5) is 0 Å². The van der Waals surface area contributed by atoms with Crippen LogP contribution in [0.25, 0.3) is 10.2 Å². The molecule has 0 bridgehead atoms. The van der Waals surface area contributed by atoms with Gasteiger partial charge in [0.25, 0.3) is 5.91 Å². The number of fused-ring (bicyclic) bond motifs is 1. The molecular weight excluding hydrogens is 388 g/mol. The number of nitrogens with zero attached hydrogens (tertiary/aromatic N) is 2. The van der Waals surface area contributed by atoms with E-state index < -0.39 is 11.9 Å². The molecule has 0 aliphatic heterocycles. The van der Waals surface area contributed by atoms with E-state index in [1.807, 2.05) is 6.92 Å². The van der Waals surface area contributed by atoms with Crippen LogP contribution in [0.1, 0.15) is 34.6 Å². The van der Waals surface area contributed by atoms with E-state index in [-0.39, 0.29) is 6.54 Å². The monoisotopic (exact) mass is 408 g/mol. The highest BCUT2D eigenvalue weighted by Gasteiger charge is 2.14. The Morgan fingerprint density at radius 1 is 1.17 bits per heavy atom. The minimum Gasteiger partial charge on any atom is -0.493 e. The molecule has 0 aliphatic rings. The first-order valence-electron chi connectivity index (χ1n) is 9.13. The van der Waals surface area contributed by atoms with E-state index in [9.17, 15) is 9.59 Å². The van der Waals surface area contributed by atoms with Crippen LogP contribution in [0.3, 0.4) is 0 Å². The Kier molecular flexibility index (Phi) is 6.47. The van der Waals surface area contributed by atoms with Crippen molar-refractivity contribution in [2.75, 3.05) is 13.2 Å². The first-order chi connectivity index (χ1) is 14.1. The van der Waals surface area contributed by atoms with Crippen molar-refractivity contribution in [1.29, 1.82) is 0 Å². The van der Waals surface area contributed by atoms with E-state index in [1.54, 1.807) is 54.0 Å². The maximum atomic E-state index is 12.8. The molecule has 1 aromatic heterocycles. The number of benzene rings is 2. The fraction of sp³-hybridized carbons (Fsp3) is 0.227. The molecule has 0 spiro atoms. The third-order valence-corrected chi connectivity index (χ3v) is 5.10. The predicted molar refractivity (Wildman–Crippen MR) is 112 cm³/mol. The highest BCUT2D eigenvalue weighted by molar-refractivity contribution is 7.16. The van der Waals surface area contributed by atoms with E-state index in [1.165, 1.54) is 11.3 Å². The molecule has 7 heteroatoms. The van der Waals surface area contributed by atoms with Gasteiger partial charge < -0.3 is 14.0 Å². The zero-order chi connectivity index (χ0) is 20.8. The number of carbonyl (C=O) groups is 2. The standard InChI is InChI=1S/C22H20N2O4S/c1-4-13-24-17-12-11-15(21(26)28-6-3)14-19(17)29-22(24)23-20(25)16-9-7-8-10-18(16)27-5-2/h1,7-12,14H,5-6,13H2,2-3H3. The predicted octanol–water partition coefficient (Wildman–Crippen LogP) is 3.65. The van der Waals surface area contributed by atoms with Crippen LogP contribution in [0.5, 0.6) is 5.75 Å². The van der Waals surface area contributed by atoms with Gasteiger partial charge in [-0.3, -0.25) is 4.79 Å². The van der Waals surface area contributed by atoms with E-state index in [2.05, 4.69) is 10.9 Å². The number of amides is 1. The lowest BCUT2D eigenvalue weighted by Gasteiger charge is -2.06. The molecule has 1 heterocycles. The number of thiazole rings is 1. The minimum atomic E-state index is -0.419. The largest absolute Gasteiger partial charge is 0.493 e. The molecule has 0 atom stereocenters. The molecule has 3 aromatic rings. The summed E-state index contributed by atoms with van der Waals surface area (Å²) >= 11 is 1.29. The zero-order valence-corrected chi connectivity index (χ0v) is 17.0. The van der Waals surface area contributed by atoms with Crippen LogP contribution < -0.4 is 9.54 Å².